The van der Waals surface area contributed by atoms with Gasteiger partial charge in [-0.3, -0.25) is 14.5 Å². The zero-order valence-corrected chi connectivity index (χ0v) is 17.6. The number of thiocarbonyl (C=S) groups is 1. The highest BCUT2D eigenvalue weighted by atomic mass is 35.5. The van der Waals surface area contributed by atoms with Gasteiger partial charge >= 0.3 is 5.97 Å². The molecule has 7 nitrogen and oxygen atoms in total. The number of carbonyl (C=O) groups is 3. The molecule has 2 aromatic rings. The summed E-state index contributed by atoms with van der Waals surface area (Å²) in [5, 5.41) is 23.5. The van der Waals surface area contributed by atoms with E-state index in [4.69, 9.17) is 28.9 Å². The van der Waals surface area contributed by atoms with E-state index >= 15 is 0 Å². The molecule has 0 atom stereocenters. The quantitative estimate of drug-likeness (QED) is 0.501. The molecule has 2 amide bonds. The third-order valence-corrected chi connectivity index (χ3v) is 5.84. The highest BCUT2D eigenvalue weighted by Crippen LogP contribution is 2.33. The number of carbonyl (C=O) groups excluding carboxylic acids is 2. The van der Waals surface area contributed by atoms with Gasteiger partial charge in [0.25, 0.3) is 5.91 Å². The Morgan fingerprint density at radius 1 is 1.27 bits per heavy atom. The molecule has 2 N–H and O–H groups in total. The van der Waals surface area contributed by atoms with Gasteiger partial charge in [0.15, 0.2) is 0 Å². The number of hydrogen-bond donors (Lipinski definition) is 2. The normalized spacial score (nSPS) is 15.0. The molecule has 10 heteroatoms. The molecule has 1 heterocycles. The maximum atomic E-state index is 12.6. The number of benzene rings is 2. The summed E-state index contributed by atoms with van der Waals surface area (Å²) in [6.45, 7) is 0.0573. The summed E-state index contributed by atoms with van der Waals surface area (Å²) in [4.78, 5) is 37.6. The molecule has 0 spiro atoms. The molecule has 0 aliphatic carbocycles. The van der Waals surface area contributed by atoms with Crippen molar-refractivity contribution in [2.24, 2.45) is 0 Å². The van der Waals surface area contributed by atoms with Gasteiger partial charge in [0.05, 0.1) is 10.5 Å². The average molecular weight is 462 g/mol. The number of halogens is 1. The monoisotopic (exact) mass is 461 g/mol. The standard InChI is InChI=1S/C20H15ClN2O5S2/c21-14-4-2-1-3-11(14)9-16-18(26)23(20(29)30-16)8-7-17(25)22-12-5-6-15(24)13(10-12)19(27)28/h1-6,9-10,24H,7-8H2,(H,22,25)(H,27,28)/p-1/b16-9-. The molecule has 1 saturated heterocycles. The van der Waals surface area contributed by atoms with Gasteiger partial charge in [0.1, 0.15) is 4.32 Å². The summed E-state index contributed by atoms with van der Waals surface area (Å²) >= 11 is 12.5. The first-order valence-electron chi connectivity index (χ1n) is 8.60. The van der Waals surface area contributed by atoms with Crippen molar-refractivity contribution in [3.8, 4) is 5.75 Å². The van der Waals surface area contributed by atoms with E-state index in [-0.39, 0.29) is 24.6 Å². The maximum absolute atomic E-state index is 12.6. The Bertz CT molecular complexity index is 1090. The first kappa shape index (κ1) is 21.8. The Morgan fingerprint density at radius 2 is 2.00 bits per heavy atom. The molecule has 2 aromatic carbocycles. The lowest BCUT2D eigenvalue weighted by molar-refractivity contribution is -0.268. The van der Waals surface area contributed by atoms with Crippen LogP contribution in [-0.2, 0) is 9.59 Å². The second-order valence-corrected chi connectivity index (χ2v) is 8.25. The van der Waals surface area contributed by atoms with E-state index < -0.39 is 23.2 Å². The molecular weight excluding hydrogens is 448 g/mol. The van der Waals surface area contributed by atoms with Gasteiger partial charge in [-0.1, -0.05) is 65.6 Å². The fourth-order valence-electron chi connectivity index (χ4n) is 2.64. The molecule has 0 unspecified atom stereocenters. The van der Waals surface area contributed by atoms with Crippen molar-refractivity contribution >= 4 is 69.4 Å². The van der Waals surface area contributed by atoms with Crippen molar-refractivity contribution in [1.82, 2.24) is 4.90 Å². The summed E-state index contributed by atoms with van der Waals surface area (Å²) in [5.74, 6) is -2.79. The van der Waals surface area contributed by atoms with Crippen LogP contribution in [0.15, 0.2) is 47.4 Å². The second-order valence-electron chi connectivity index (χ2n) is 6.17. The van der Waals surface area contributed by atoms with E-state index in [2.05, 4.69) is 5.32 Å². The zero-order chi connectivity index (χ0) is 21.8. The van der Waals surface area contributed by atoms with Crippen molar-refractivity contribution in [3.05, 3.63) is 63.5 Å². The lowest BCUT2D eigenvalue weighted by Crippen LogP contribution is -2.31. The molecule has 1 aliphatic rings. The smallest absolute Gasteiger partial charge is 0.335 e. The lowest BCUT2D eigenvalue weighted by Gasteiger charge is -2.15. The first-order chi connectivity index (χ1) is 14.3. The summed E-state index contributed by atoms with van der Waals surface area (Å²) in [7, 11) is 0. The molecule has 0 saturated carbocycles. The fourth-order valence-corrected chi connectivity index (χ4v) is 4.13. The van der Waals surface area contributed by atoms with Crippen LogP contribution >= 0.6 is 35.6 Å². The Hall–Kier alpha value is -2.88. The Morgan fingerprint density at radius 3 is 2.70 bits per heavy atom. The highest BCUT2D eigenvalue weighted by Gasteiger charge is 2.32. The SMILES string of the molecule is O=C(CCN1C(=O)/C(=C/c2ccccc2Cl)SC1=S)Nc1ccc([O-])c(C(=O)O)c1. The molecule has 0 radical (unpaired) electrons. The number of aromatic carboxylic acids is 1. The molecule has 1 fully saturated rings. The fraction of sp³-hybridized carbons (Fsp3) is 0.100. The highest BCUT2D eigenvalue weighted by molar-refractivity contribution is 8.26. The van der Waals surface area contributed by atoms with Crippen LogP contribution in [0.5, 0.6) is 5.75 Å². The van der Waals surface area contributed by atoms with E-state index in [1.54, 1.807) is 30.3 Å². The maximum Gasteiger partial charge on any atom is 0.335 e. The van der Waals surface area contributed by atoms with Crippen LogP contribution < -0.4 is 10.4 Å². The second kappa shape index (κ2) is 9.29. The van der Waals surface area contributed by atoms with Crippen LogP contribution in [0, 0.1) is 0 Å². The third kappa shape index (κ3) is 4.99. The van der Waals surface area contributed by atoms with Crippen molar-refractivity contribution in [3.63, 3.8) is 0 Å². The Balaban J connectivity index is 1.63. The summed E-state index contributed by atoms with van der Waals surface area (Å²) in [5.41, 5.74) is 0.434. The molecular formula is C20H14ClN2O5S2-. The van der Waals surface area contributed by atoms with E-state index in [9.17, 15) is 19.5 Å². The van der Waals surface area contributed by atoms with Gasteiger partial charge < -0.3 is 15.5 Å². The molecule has 3 rings (SSSR count). The van der Waals surface area contributed by atoms with Gasteiger partial charge in [0.2, 0.25) is 5.91 Å². The largest absolute Gasteiger partial charge is 0.872 e. The van der Waals surface area contributed by atoms with E-state index in [0.29, 0.717) is 19.8 Å². The zero-order valence-electron chi connectivity index (χ0n) is 15.3. The van der Waals surface area contributed by atoms with Gasteiger partial charge in [-0.05, 0) is 29.8 Å². The van der Waals surface area contributed by atoms with Gasteiger partial charge in [-0.25, -0.2) is 4.79 Å². The number of carboxylic acid groups (broad SMARTS) is 1. The number of hydrogen-bond acceptors (Lipinski definition) is 6. The van der Waals surface area contributed by atoms with Gasteiger partial charge in [0, 0.05) is 23.7 Å². The molecule has 0 bridgehead atoms. The van der Waals surface area contributed by atoms with E-state index in [1.165, 1.54) is 11.0 Å². The minimum atomic E-state index is -1.38. The van der Waals surface area contributed by atoms with Gasteiger partial charge in [-0.2, -0.15) is 0 Å². The number of thioether (sulfide) groups is 1. The lowest BCUT2D eigenvalue weighted by atomic mass is 10.1. The first-order valence-corrected chi connectivity index (χ1v) is 10.2. The van der Waals surface area contributed by atoms with Gasteiger partial charge in [-0.15, -0.1) is 0 Å². The van der Waals surface area contributed by atoms with Crippen molar-refractivity contribution in [1.29, 1.82) is 0 Å². The van der Waals surface area contributed by atoms with Crippen molar-refractivity contribution in [2.75, 3.05) is 11.9 Å². The minimum Gasteiger partial charge on any atom is -0.872 e. The van der Waals surface area contributed by atoms with Crippen LogP contribution in [0.2, 0.25) is 5.02 Å². The molecule has 1 aliphatic heterocycles. The van der Waals surface area contributed by atoms with Crippen molar-refractivity contribution < 1.29 is 24.6 Å². The Kier molecular flexibility index (Phi) is 6.76. The predicted molar refractivity (Wildman–Crippen MR) is 117 cm³/mol. The summed E-state index contributed by atoms with van der Waals surface area (Å²) < 4.78 is 0.329. The van der Waals surface area contributed by atoms with Crippen LogP contribution in [0.1, 0.15) is 22.3 Å². The summed E-state index contributed by atoms with van der Waals surface area (Å²) in [6, 6.07) is 10.6. The number of nitrogens with zero attached hydrogens (tertiary/aromatic N) is 1. The number of carboxylic acids is 1. The van der Waals surface area contributed by atoms with Crippen molar-refractivity contribution in [2.45, 2.75) is 6.42 Å². The number of nitrogens with one attached hydrogen (secondary N) is 1. The third-order valence-electron chi connectivity index (χ3n) is 4.12. The number of amides is 2. The predicted octanol–water partition coefficient (Wildman–Crippen LogP) is 3.34. The van der Waals surface area contributed by atoms with Crippen LogP contribution in [0.3, 0.4) is 0 Å². The van der Waals surface area contributed by atoms with Crippen LogP contribution in [-0.4, -0.2) is 38.7 Å². The number of rotatable bonds is 6. The van der Waals surface area contributed by atoms with Crippen LogP contribution in [0.25, 0.3) is 6.08 Å². The molecule has 0 aromatic heterocycles. The number of anilines is 1. The Labute approximate surface area is 186 Å². The molecule has 30 heavy (non-hydrogen) atoms. The van der Waals surface area contributed by atoms with Crippen LogP contribution in [0.4, 0.5) is 5.69 Å². The average Bonchev–Trinajstić information content (AvgIpc) is 2.96. The van der Waals surface area contributed by atoms with E-state index in [0.717, 1.165) is 23.9 Å². The molecule has 154 valence electrons. The minimum absolute atomic E-state index is 0.0573. The van der Waals surface area contributed by atoms with E-state index in [1.807, 2.05) is 0 Å². The topological polar surface area (TPSA) is 110 Å². The summed E-state index contributed by atoms with van der Waals surface area (Å²) in [6.07, 6.45) is 1.59.